The molecule has 1 fully saturated rings. The van der Waals surface area contributed by atoms with E-state index in [0.29, 0.717) is 19.5 Å². The van der Waals surface area contributed by atoms with Crippen molar-refractivity contribution in [1.82, 2.24) is 9.88 Å². The number of pyridine rings is 1. The van der Waals surface area contributed by atoms with E-state index in [4.69, 9.17) is 10.5 Å². The van der Waals surface area contributed by atoms with Crippen molar-refractivity contribution in [3.63, 3.8) is 0 Å². The first-order valence-electron chi connectivity index (χ1n) is 8.82. The van der Waals surface area contributed by atoms with E-state index < -0.39 is 6.04 Å². The number of carbonyl (C=O) groups excluding carboxylic acids is 1. The number of nitrogens with two attached hydrogens (primary N) is 1. The highest BCUT2D eigenvalue weighted by Crippen LogP contribution is 2.43. The number of hydrogen-bond acceptors (Lipinski definition) is 5. The molecule has 2 aromatic rings. The largest absolute Gasteiger partial charge is 0.370 e. The molecule has 132 valence electrons. The molecule has 6 heteroatoms. The van der Waals surface area contributed by atoms with Crippen LogP contribution in [0.1, 0.15) is 28.8 Å². The summed E-state index contributed by atoms with van der Waals surface area (Å²) in [7, 11) is 0. The van der Waals surface area contributed by atoms with Gasteiger partial charge in [-0.15, -0.1) is 11.3 Å². The molecule has 0 bridgehead atoms. The van der Waals surface area contributed by atoms with E-state index in [-0.39, 0.29) is 11.5 Å². The summed E-state index contributed by atoms with van der Waals surface area (Å²) in [6, 6.07) is 5.52. The molecule has 2 aliphatic heterocycles. The first-order chi connectivity index (χ1) is 12.2. The van der Waals surface area contributed by atoms with Gasteiger partial charge in [0, 0.05) is 36.8 Å². The van der Waals surface area contributed by atoms with Crippen LogP contribution in [-0.2, 0) is 28.0 Å². The molecule has 25 heavy (non-hydrogen) atoms. The third-order valence-electron chi connectivity index (χ3n) is 5.35. The molecule has 4 heterocycles. The Morgan fingerprint density at radius 2 is 2.08 bits per heavy atom. The second kappa shape index (κ2) is 6.86. The maximum Gasteiger partial charge on any atom is 0.239 e. The van der Waals surface area contributed by atoms with E-state index in [1.54, 1.807) is 12.4 Å². The normalized spacial score (nSPS) is 20.3. The Bertz CT molecular complexity index is 738. The number of thiophene rings is 1. The Labute approximate surface area is 151 Å². The zero-order valence-corrected chi connectivity index (χ0v) is 15.0. The number of likely N-dealkylation sites (tertiary alicyclic amines) is 1. The van der Waals surface area contributed by atoms with Crippen molar-refractivity contribution >= 4 is 17.2 Å². The summed E-state index contributed by atoms with van der Waals surface area (Å²) >= 11 is 1.82. The summed E-state index contributed by atoms with van der Waals surface area (Å²) < 4.78 is 6.21. The van der Waals surface area contributed by atoms with Gasteiger partial charge in [0.25, 0.3) is 0 Å². The number of piperidine rings is 1. The maximum absolute atomic E-state index is 12.7. The molecular formula is C19H23N3O2S. The lowest BCUT2D eigenvalue weighted by Crippen LogP contribution is -2.52. The molecule has 2 N–H and O–H groups in total. The molecule has 1 spiro atoms. The Hall–Kier alpha value is -1.76. The average Bonchev–Trinajstić information content (AvgIpc) is 3.13. The Morgan fingerprint density at radius 1 is 1.32 bits per heavy atom. The van der Waals surface area contributed by atoms with Gasteiger partial charge in [0.1, 0.15) is 0 Å². The van der Waals surface area contributed by atoms with Crippen LogP contribution in [0, 0.1) is 0 Å². The van der Waals surface area contributed by atoms with Crippen molar-refractivity contribution in [3.8, 4) is 0 Å². The fourth-order valence-corrected chi connectivity index (χ4v) is 4.90. The molecule has 4 rings (SSSR count). The van der Waals surface area contributed by atoms with Gasteiger partial charge in [-0.1, -0.05) is 0 Å². The second-order valence-electron chi connectivity index (χ2n) is 6.84. The number of nitrogens with zero attached hydrogens (tertiary/aromatic N) is 2. The number of amides is 1. The van der Waals surface area contributed by atoms with Gasteiger partial charge in [0.2, 0.25) is 5.91 Å². The van der Waals surface area contributed by atoms with Crippen molar-refractivity contribution in [2.45, 2.75) is 37.3 Å². The minimum Gasteiger partial charge on any atom is -0.370 e. The highest BCUT2D eigenvalue weighted by molar-refractivity contribution is 7.10. The summed E-state index contributed by atoms with van der Waals surface area (Å²) in [6.07, 6.45) is 6.73. The molecule has 5 nitrogen and oxygen atoms in total. The van der Waals surface area contributed by atoms with Gasteiger partial charge < -0.3 is 15.4 Å². The molecule has 2 aromatic heterocycles. The zero-order valence-electron chi connectivity index (χ0n) is 14.2. The molecule has 0 saturated carbocycles. The van der Waals surface area contributed by atoms with Gasteiger partial charge in [0.05, 0.1) is 18.2 Å². The topological polar surface area (TPSA) is 68.5 Å². The van der Waals surface area contributed by atoms with Crippen LogP contribution in [0.2, 0.25) is 0 Å². The molecule has 1 atom stereocenters. The van der Waals surface area contributed by atoms with Crippen molar-refractivity contribution in [2.24, 2.45) is 5.73 Å². The molecule has 2 aliphatic rings. The van der Waals surface area contributed by atoms with Crippen LogP contribution in [-0.4, -0.2) is 41.5 Å². The third kappa shape index (κ3) is 3.21. The predicted molar refractivity (Wildman–Crippen MR) is 97.4 cm³/mol. The van der Waals surface area contributed by atoms with Gasteiger partial charge >= 0.3 is 0 Å². The predicted octanol–water partition coefficient (Wildman–Crippen LogP) is 2.10. The van der Waals surface area contributed by atoms with Crippen molar-refractivity contribution in [2.75, 3.05) is 19.7 Å². The SMILES string of the molecule is N[C@@H](Cc1ccncc1)C(=O)N1CCC2(CC1)OCCc1sccc12. The quantitative estimate of drug-likeness (QED) is 0.913. The minimum absolute atomic E-state index is 0.0352. The van der Waals surface area contributed by atoms with Crippen molar-refractivity contribution in [3.05, 3.63) is 52.0 Å². The van der Waals surface area contributed by atoms with E-state index in [1.807, 2.05) is 28.4 Å². The molecule has 0 radical (unpaired) electrons. The minimum atomic E-state index is -0.500. The van der Waals surface area contributed by atoms with Crippen LogP contribution in [0.4, 0.5) is 0 Å². The second-order valence-corrected chi connectivity index (χ2v) is 7.84. The number of rotatable bonds is 3. The molecule has 1 amide bonds. The molecule has 0 aromatic carbocycles. The van der Waals surface area contributed by atoms with Crippen LogP contribution in [0.3, 0.4) is 0 Å². The average molecular weight is 357 g/mol. The van der Waals surface area contributed by atoms with E-state index in [0.717, 1.165) is 31.4 Å². The number of carbonyl (C=O) groups is 1. The highest BCUT2D eigenvalue weighted by Gasteiger charge is 2.42. The van der Waals surface area contributed by atoms with Crippen LogP contribution >= 0.6 is 11.3 Å². The van der Waals surface area contributed by atoms with Gasteiger partial charge in [-0.2, -0.15) is 0 Å². The van der Waals surface area contributed by atoms with E-state index in [9.17, 15) is 4.79 Å². The first-order valence-corrected chi connectivity index (χ1v) is 9.70. The summed E-state index contributed by atoms with van der Waals surface area (Å²) in [5.41, 5.74) is 8.36. The summed E-state index contributed by atoms with van der Waals surface area (Å²) in [5.74, 6) is 0.0352. The number of aromatic nitrogens is 1. The van der Waals surface area contributed by atoms with Crippen LogP contribution in [0.5, 0.6) is 0 Å². The molecule has 0 aliphatic carbocycles. The Balaban J connectivity index is 1.40. The van der Waals surface area contributed by atoms with Crippen molar-refractivity contribution < 1.29 is 9.53 Å². The first kappa shape index (κ1) is 16.7. The summed E-state index contributed by atoms with van der Waals surface area (Å²) in [5, 5.41) is 2.16. The van der Waals surface area contributed by atoms with Crippen molar-refractivity contribution in [1.29, 1.82) is 0 Å². The smallest absolute Gasteiger partial charge is 0.239 e. The van der Waals surface area contributed by atoms with Crippen LogP contribution in [0.15, 0.2) is 36.0 Å². The van der Waals surface area contributed by atoms with Gasteiger partial charge in [-0.3, -0.25) is 9.78 Å². The maximum atomic E-state index is 12.7. The summed E-state index contributed by atoms with van der Waals surface area (Å²) in [4.78, 5) is 20.1. The fourth-order valence-electron chi connectivity index (χ4n) is 3.95. The fraction of sp³-hybridized carbons (Fsp3) is 0.474. The van der Waals surface area contributed by atoms with Gasteiger partial charge in [0.15, 0.2) is 0 Å². The lowest BCUT2D eigenvalue weighted by atomic mass is 9.82. The Kier molecular flexibility index (Phi) is 4.58. The molecule has 0 unspecified atom stereocenters. The van der Waals surface area contributed by atoms with Gasteiger partial charge in [-0.05, 0) is 54.0 Å². The number of fused-ring (bicyclic) bond motifs is 2. The van der Waals surface area contributed by atoms with E-state index >= 15 is 0 Å². The zero-order chi connectivity index (χ0) is 17.3. The summed E-state index contributed by atoms with van der Waals surface area (Å²) in [6.45, 7) is 2.19. The highest BCUT2D eigenvalue weighted by atomic mass is 32.1. The number of hydrogen-bond donors (Lipinski definition) is 1. The number of ether oxygens (including phenoxy) is 1. The van der Waals surface area contributed by atoms with Gasteiger partial charge in [-0.25, -0.2) is 0 Å². The lowest BCUT2D eigenvalue weighted by molar-refractivity contribution is -0.141. The third-order valence-corrected chi connectivity index (χ3v) is 6.33. The van der Waals surface area contributed by atoms with Crippen LogP contribution in [0.25, 0.3) is 0 Å². The van der Waals surface area contributed by atoms with E-state index in [1.165, 1.54) is 10.4 Å². The lowest BCUT2D eigenvalue weighted by Gasteiger charge is -2.44. The standard InChI is InChI=1S/C19H23N3O2S/c20-16(13-14-1-7-21-8-2-14)18(23)22-9-5-19(6-10-22)15-4-12-25-17(15)3-11-24-19/h1-2,4,7-8,12,16H,3,5-6,9-11,13,20H2/t16-/m0/s1. The van der Waals surface area contributed by atoms with Crippen LogP contribution < -0.4 is 5.73 Å². The monoisotopic (exact) mass is 357 g/mol. The Morgan fingerprint density at radius 3 is 2.84 bits per heavy atom. The molecular weight excluding hydrogens is 334 g/mol. The molecule has 1 saturated heterocycles. The van der Waals surface area contributed by atoms with E-state index in [2.05, 4.69) is 16.4 Å².